The highest BCUT2D eigenvalue weighted by Crippen LogP contribution is 2.32. The van der Waals surface area contributed by atoms with Gasteiger partial charge >= 0.3 is 0 Å². The molecule has 1 saturated heterocycles. The molecule has 31 heavy (non-hydrogen) atoms. The summed E-state index contributed by atoms with van der Waals surface area (Å²) >= 11 is 0. The van der Waals surface area contributed by atoms with Crippen LogP contribution in [0.25, 0.3) is 11.1 Å². The van der Waals surface area contributed by atoms with Crippen LogP contribution in [0, 0.1) is 5.41 Å². The quantitative estimate of drug-likeness (QED) is 0.405. The van der Waals surface area contributed by atoms with Crippen molar-refractivity contribution >= 4 is 17.4 Å². The average molecular weight is 423 g/mol. The summed E-state index contributed by atoms with van der Waals surface area (Å²) in [6, 6.07) is 6.64. The zero-order valence-electron chi connectivity index (χ0n) is 18.1. The molecule has 1 fully saturated rings. The van der Waals surface area contributed by atoms with Gasteiger partial charge in [0.15, 0.2) is 0 Å². The summed E-state index contributed by atoms with van der Waals surface area (Å²) in [6.45, 7) is 6.04. The molecule has 4 rings (SSSR count). The van der Waals surface area contributed by atoms with Crippen molar-refractivity contribution in [2.75, 3.05) is 31.2 Å². The number of allylic oxidation sites excluding steroid dienone is 1. The Morgan fingerprint density at radius 1 is 1.35 bits per heavy atom. The van der Waals surface area contributed by atoms with Crippen LogP contribution >= 0.6 is 0 Å². The van der Waals surface area contributed by atoms with Crippen LogP contribution in [-0.4, -0.2) is 54.3 Å². The summed E-state index contributed by atoms with van der Waals surface area (Å²) in [5.41, 5.74) is 6.29. The summed E-state index contributed by atoms with van der Waals surface area (Å²) < 4.78 is 5.30. The first-order valence-corrected chi connectivity index (χ1v) is 10.9. The Balaban J connectivity index is 1.64. The molecule has 4 N–H and O–H groups in total. The van der Waals surface area contributed by atoms with Crippen LogP contribution in [0.3, 0.4) is 0 Å². The number of nitrogens with zero attached hydrogens (tertiary/aromatic N) is 2. The number of nitrogens with one attached hydrogen (secondary N) is 4. The van der Waals surface area contributed by atoms with Crippen LogP contribution in [0.15, 0.2) is 41.9 Å². The van der Waals surface area contributed by atoms with Gasteiger partial charge in [-0.25, -0.2) is 0 Å². The standard InChI is InChI=1S/C23H30N6O2/c1-3-21(28-19-13-31-14-19)20(12-25-15(2)30)23(24)29-8-4-5-17-9-16(6-7-22(17)29)18-10-26-27-11-18/h6-7,9-11,19,24,28H,3-5,8,12-14H2,1-2H3,(H,25,30)(H,26,27)/b21-20-,24-23?. The van der Waals surface area contributed by atoms with Gasteiger partial charge in [0.2, 0.25) is 5.91 Å². The minimum absolute atomic E-state index is 0.100. The minimum Gasteiger partial charge on any atom is -0.381 e. The van der Waals surface area contributed by atoms with E-state index in [-0.39, 0.29) is 11.9 Å². The van der Waals surface area contributed by atoms with Crippen LogP contribution in [0.4, 0.5) is 5.69 Å². The van der Waals surface area contributed by atoms with Gasteiger partial charge in [-0.1, -0.05) is 13.0 Å². The molecule has 0 radical (unpaired) electrons. The van der Waals surface area contributed by atoms with Crippen molar-refractivity contribution in [2.24, 2.45) is 0 Å². The molecule has 0 unspecified atom stereocenters. The van der Waals surface area contributed by atoms with Crippen LogP contribution in [0.5, 0.6) is 0 Å². The molecule has 1 aromatic heterocycles. The molecule has 8 heteroatoms. The fraction of sp³-hybridized carbons (Fsp3) is 0.435. The molecule has 0 atom stereocenters. The number of carbonyl (C=O) groups is 1. The Hall–Kier alpha value is -3.13. The number of aromatic nitrogens is 2. The molecule has 1 aromatic carbocycles. The summed E-state index contributed by atoms with van der Waals surface area (Å²) in [4.78, 5) is 13.7. The molecule has 3 heterocycles. The first kappa shape index (κ1) is 21.1. The van der Waals surface area contributed by atoms with E-state index in [1.54, 1.807) is 0 Å². The van der Waals surface area contributed by atoms with Crippen molar-refractivity contribution in [2.45, 2.75) is 39.2 Å². The number of rotatable bonds is 7. The molecule has 2 aliphatic heterocycles. The van der Waals surface area contributed by atoms with Gasteiger partial charge in [0.05, 0.1) is 25.5 Å². The molecule has 0 spiro atoms. The second-order valence-corrected chi connectivity index (χ2v) is 8.03. The van der Waals surface area contributed by atoms with E-state index < -0.39 is 0 Å². The Morgan fingerprint density at radius 3 is 2.84 bits per heavy atom. The second-order valence-electron chi connectivity index (χ2n) is 8.03. The molecule has 2 aromatic rings. The number of fused-ring (bicyclic) bond motifs is 1. The highest BCUT2D eigenvalue weighted by Gasteiger charge is 2.26. The topological polar surface area (TPSA) is 106 Å². The van der Waals surface area contributed by atoms with Gasteiger partial charge in [0.25, 0.3) is 0 Å². The number of benzene rings is 1. The number of hydrogen-bond acceptors (Lipinski definition) is 5. The molecule has 0 bridgehead atoms. The third-order valence-corrected chi connectivity index (χ3v) is 5.83. The number of anilines is 1. The summed E-state index contributed by atoms with van der Waals surface area (Å²) in [6.07, 6.45) is 6.43. The highest BCUT2D eigenvalue weighted by molar-refractivity contribution is 6.09. The van der Waals surface area contributed by atoms with Crippen LogP contribution < -0.4 is 15.5 Å². The zero-order chi connectivity index (χ0) is 21.8. The third-order valence-electron chi connectivity index (χ3n) is 5.83. The van der Waals surface area contributed by atoms with Crippen molar-refractivity contribution < 1.29 is 9.53 Å². The summed E-state index contributed by atoms with van der Waals surface area (Å²) in [7, 11) is 0. The lowest BCUT2D eigenvalue weighted by atomic mass is 9.96. The number of carbonyl (C=O) groups excluding carboxylic acids is 1. The van der Waals surface area contributed by atoms with Crippen molar-refractivity contribution in [3.8, 4) is 11.1 Å². The second kappa shape index (κ2) is 9.34. The molecule has 1 amide bonds. The maximum atomic E-state index is 11.6. The Kier molecular flexibility index (Phi) is 6.36. The Morgan fingerprint density at radius 2 is 2.19 bits per heavy atom. The van der Waals surface area contributed by atoms with E-state index in [1.807, 2.05) is 12.4 Å². The number of aromatic amines is 1. The van der Waals surface area contributed by atoms with Gasteiger partial charge in [-0.15, -0.1) is 0 Å². The lowest BCUT2D eigenvalue weighted by Gasteiger charge is -2.35. The van der Waals surface area contributed by atoms with Gasteiger partial charge in [-0.2, -0.15) is 5.10 Å². The van der Waals surface area contributed by atoms with Gasteiger partial charge in [0, 0.05) is 48.7 Å². The maximum absolute atomic E-state index is 11.6. The van der Waals surface area contributed by atoms with Crippen molar-refractivity contribution in [3.05, 3.63) is 47.4 Å². The van der Waals surface area contributed by atoms with E-state index >= 15 is 0 Å². The minimum atomic E-state index is -0.100. The maximum Gasteiger partial charge on any atom is 0.217 e. The van der Waals surface area contributed by atoms with Crippen LogP contribution in [0.2, 0.25) is 0 Å². The lowest BCUT2D eigenvalue weighted by molar-refractivity contribution is -0.118. The smallest absolute Gasteiger partial charge is 0.217 e. The average Bonchev–Trinajstić information content (AvgIpc) is 3.28. The van der Waals surface area contributed by atoms with Crippen LogP contribution in [-0.2, 0) is 16.0 Å². The van der Waals surface area contributed by atoms with E-state index in [1.165, 1.54) is 12.5 Å². The Bertz CT molecular complexity index is 978. The Labute approximate surface area is 182 Å². The van der Waals surface area contributed by atoms with E-state index in [2.05, 4.69) is 50.9 Å². The van der Waals surface area contributed by atoms with E-state index in [9.17, 15) is 4.79 Å². The predicted octanol–water partition coefficient (Wildman–Crippen LogP) is 2.60. The van der Waals surface area contributed by atoms with Crippen molar-refractivity contribution in [1.82, 2.24) is 20.8 Å². The number of H-pyrrole nitrogens is 1. The van der Waals surface area contributed by atoms with Gasteiger partial charge in [-0.3, -0.25) is 15.3 Å². The molecular weight excluding hydrogens is 392 g/mol. The van der Waals surface area contributed by atoms with Crippen LogP contribution in [0.1, 0.15) is 32.3 Å². The number of amides is 1. The van der Waals surface area contributed by atoms with E-state index in [0.29, 0.717) is 25.6 Å². The van der Waals surface area contributed by atoms with Crippen molar-refractivity contribution in [3.63, 3.8) is 0 Å². The molecule has 0 saturated carbocycles. The molecular formula is C23H30N6O2. The molecule has 0 aliphatic carbocycles. The monoisotopic (exact) mass is 422 g/mol. The fourth-order valence-electron chi connectivity index (χ4n) is 4.09. The zero-order valence-corrected chi connectivity index (χ0v) is 18.1. The molecule has 2 aliphatic rings. The first-order valence-electron chi connectivity index (χ1n) is 10.9. The normalized spacial score (nSPS) is 16.8. The molecule has 164 valence electrons. The summed E-state index contributed by atoms with van der Waals surface area (Å²) in [5.74, 6) is 0.340. The number of ether oxygens (including phenoxy) is 1. The number of hydrogen-bond donors (Lipinski definition) is 4. The van der Waals surface area contributed by atoms with Gasteiger partial charge in [0.1, 0.15) is 5.84 Å². The predicted molar refractivity (Wildman–Crippen MR) is 121 cm³/mol. The van der Waals surface area contributed by atoms with E-state index in [0.717, 1.165) is 53.9 Å². The first-order chi connectivity index (χ1) is 15.1. The van der Waals surface area contributed by atoms with Gasteiger partial charge in [-0.05, 0) is 42.5 Å². The summed E-state index contributed by atoms with van der Waals surface area (Å²) in [5, 5.41) is 22.4. The van der Waals surface area contributed by atoms with Gasteiger partial charge < -0.3 is 20.3 Å². The van der Waals surface area contributed by atoms with Crippen molar-refractivity contribution in [1.29, 1.82) is 5.41 Å². The van der Waals surface area contributed by atoms with E-state index in [4.69, 9.17) is 10.1 Å². The largest absolute Gasteiger partial charge is 0.381 e. The SMILES string of the molecule is CC/C(NC1COC1)=C(\CNC(C)=O)C(=N)N1CCCc2cc(-c3cn[nH]c3)ccc21. The number of aryl methyl sites for hydroxylation is 1. The number of amidine groups is 1. The fourth-order valence-corrected chi connectivity index (χ4v) is 4.09. The third kappa shape index (κ3) is 4.64. The lowest BCUT2D eigenvalue weighted by Crippen LogP contribution is -2.47. The highest BCUT2D eigenvalue weighted by atomic mass is 16.5. The molecule has 8 nitrogen and oxygen atoms in total.